The van der Waals surface area contributed by atoms with E-state index < -0.39 is 0 Å². The van der Waals surface area contributed by atoms with Gasteiger partial charge in [0.15, 0.2) is 0 Å². The molecular formula is C15H20ClN3. The Morgan fingerprint density at radius 3 is 2.79 bits per heavy atom. The van der Waals surface area contributed by atoms with Crippen LogP contribution in [0.2, 0.25) is 5.02 Å². The molecular weight excluding hydrogens is 258 g/mol. The molecule has 0 radical (unpaired) electrons. The van der Waals surface area contributed by atoms with E-state index >= 15 is 0 Å². The van der Waals surface area contributed by atoms with Gasteiger partial charge in [0.2, 0.25) is 0 Å². The van der Waals surface area contributed by atoms with Crippen LogP contribution >= 0.6 is 11.6 Å². The molecule has 1 aromatic heterocycles. The van der Waals surface area contributed by atoms with Gasteiger partial charge in [0.1, 0.15) is 0 Å². The van der Waals surface area contributed by atoms with Crippen molar-refractivity contribution in [3.63, 3.8) is 0 Å². The van der Waals surface area contributed by atoms with Crippen molar-refractivity contribution in [2.45, 2.75) is 26.3 Å². The minimum Gasteiger partial charge on any atom is -0.305 e. The summed E-state index contributed by atoms with van der Waals surface area (Å²) in [4.78, 5) is 0. The molecule has 102 valence electrons. The minimum absolute atomic E-state index is 0.131. The van der Waals surface area contributed by atoms with Crippen molar-refractivity contribution in [3.8, 4) is 0 Å². The van der Waals surface area contributed by atoms with Crippen molar-refractivity contribution < 1.29 is 0 Å². The number of nitrogens with one attached hydrogen (secondary N) is 1. The average molecular weight is 278 g/mol. The Hall–Kier alpha value is -1.32. The lowest BCUT2D eigenvalue weighted by Crippen LogP contribution is -2.26. The highest BCUT2D eigenvalue weighted by molar-refractivity contribution is 6.31. The largest absolute Gasteiger partial charge is 0.305 e. The van der Waals surface area contributed by atoms with E-state index in [1.54, 1.807) is 0 Å². The summed E-state index contributed by atoms with van der Waals surface area (Å²) in [6, 6.07) is 8.24. The molecule has 3 nitrogen and oxygen atoms in total. The molecule has 19 heavy (non-hydrogen) atoms. The van der Waals surface area contributed by atoms with Crippen LogP contribution in [0.5, 0.6) is 0 Å². The van der Waals surface area contributed by atoms with E-state index in [1.807, 2.05) is 36.1 Å². The molecule has 0 aliphatic heterocycles. The quantitative estimate of drug-likeness (QED) is 0.907. The highest BCUT2D eigenvalue weighted by Crippen LogP contribution is 2.28. The van der Waals surface area contributed by atoms with E-state index in [9.17, 15) is 0 Å². The van der Waals surface area contributed by atoms with Gasteiger partial charge >= 0.3 is 0 Å². The average Bonchev–Trinajstić information content (AvgIpc) is 2.81. The van der Waals surface area contributed by atoms with Crippen LogP contribution in [0, 0.1) is 6.92 Å². The molecule has 1 atom stereocenters. The highest BCUT2D eigenvalue weighted by Gasteiger charge is 2.19. The zero-order chi connectivity index (χ0) is 13.8. The lowest BCUT2D eigenvalue weighted by Gasteiger charge is -2.21. The van der Waals surface area contributed by atoms with Gasteiger partial charge in [-0.05, 0) is 43.1 Å². The Labute approximate surface area is 119 Å². The van der Waals surface area contributed by atoms with Gasteiger partial charge in [-0.25, -0.2) is 0 Å². The van der Waals surface area contributed by atoms with E-state index in [0.29, 0.717) is 0 Å². The van der Waals surface area contributed by atoms with Crippen LogP contribution < -0.4 is 5.32 Å². The van der Waals surface area contributed by atoms with Crippen molar-refractivity contribution in [1.29, 1.82) is 0 Å². The second-order valence-corrected chi connectivity index (χ2v) is 5.13. The summed E-state index contributed by atoms with van der Waals surface area (Å²) < 4.78 is 1.91. The smallest absolute Gasteiger partial charge is 0.0751 e. The predicted octanol–water partition coefficient (Wildman–Crippen LogP) is 3.47. The predicted molar refractivity (Wildman–Crippen MR) is 79.5 cm³/mol. The fourth-order valence-electron chi connectivity index (χ4n) is 2.27. The van der Waals surface area contributed by atoms with Crippen molar-refractivity contribution >= 4 is 11.6 Å². The van der Waals surface area contributed by atoms with E-state index in [2.05, 4.69) is 30.3 Å². The Morgan fingerprint density at radius 1 is 1.37 bits per heavy atom. The molecule has 1 aromatic carbocycles. The fourth-order valence-corrected chi connectivity index (χ4v) is 2.45. The molecule has 0 bridgehead atoms. The number of aryl methyl sites for hydroxylation is 1. The van der Waals surface area contributed by atoms with Crippen LogP contribution in [0.25, 0.3) is 0 Å². The van der Waals surface area contributed by atoms with Crippen molar-refractivity contribution in [1.82, 2.24) is 15.1 Å². The summed E-state index contributed by atoms with van der Waals surface area (Å²) >= 11 is 6.24. The first-order valence-corrected chi connectivity index (χ1v) is 6.99. The molecule has 0 spiro atoms. The van der Waals surface area contributed by atoms with Crippen molar-refractivity contribution in [2.24, 2.45) is 7.05 Å². The maximum Gasteiger partial charge on any atom is 0.0751 e. The fraction of sp³-hybridized carbons (Fsp3) is 0.400. The molecule has 1 N–H and O–H groups in total. The molecule has 0 saturated heterocycles. The van der Waals surface area contributed by atoms with E-state index in [-0.39, 0.29) is 6.04 Å². The molecule has 2 rings (SSSR count). The van der Waals surface area contributed by atoms with Gasteiger partial charge in [0.25, 0.3) is 0 Å². The first kappa shape index (κ1) is 14.1. The van der Waals surface area contributed by atoms with Gasteiger partial charge in [-0.1, -0.05) is 30.7 Å². The van der Waals surface area contributed by atoms with Gasteiger partial charge in [0.05, 0.1) is 11.7 Å². The number of hydrogen-bond acceptors (Lipinski definition) is 2. The summed E-state index contributed by atoms with van der Waals surface area (Å²) in [6.45, 7) is 5.19. The lowest BCUT2D eigenvalue weighted by atomic mass is 9.98. The second-order valence-electron chi connectivity index (χ2n) is 4.72. The third kappa shape index (κ3) is 2.99. The molecule has 0 fully saturated rings. The topological polar surface area (TPSA) is 29.9 Å². The standard InChI is InChI=1S/C15H20ClN3/c1-4-9-17-15(14-8-10-18-19(14)3)12-6-5-7-13(16)11(12)2/h5-8,10,15,17H,4,9H2,1-3H3. The molecule has 1 heterocycles. The number of hydrogen-bond donors (Lipinski definition) is 1. The monoisotopic (exact) mass is 277 g/mol. The third-order valence-corrected chi connectivity index (χ3v) is 3.78. The number of benzene rings is 1. The zero-order valence-electron chi connectivity index (χ0n) is 11.7. The normalized spacial score (nSPS) is 12.6. The van der Waals surface area contributed by atoms with E-state index in [1.165, 1.54) is 5.56 Å². The number of nitrogens with zero attached hydrogens (tertiary/aromatic N) is 2. The van der Waals surface area contributed by atoms with Gasteiger partial charge in [-0.3, -0.25) is 4.68 Å². The summed E-state index contributed by atoms with van der Waals surface area (Å²) in [5, 5.41) is 8.65. The first-order chi connectivity index (χ1) is 9.15. The molecule has 2 aromatic rings. The van der Waals surface area contributed by atoms with E-state index in [4.69, 9.17) is 11.6 Å². The Kier molecular flexibility index (Phi) is 4.61. The summed E-state index contributed by atoms with van der Waals surface area (Å²) in [6.07, 6.45) is 2.92. The van der Waals surface area contributed by atoms with Crippen LogP contribution in [-0.4, -0.2) is 16.3 Å². The van der Waals surface area contributed by atoms with Crippen LogP contribution in [-0.2, 0) is 7.05 Å². The minimum atomic E-state index is 0.131. The summed E-state index contributed by atoms with van der Waals surface area (Å²) in [7, 11) is 1.97. The number of rotatable bonds is 5. The van der Waals surface area contributed by atoms with Gasteiger partial charge in [-0.15, -0.1) is 0 Å². The van der Waals surface area contributed by atoms with Crippen LogP contribution in [0.1, 0.15) is 36.2 Å². The Balaban J connectivity index is 2.43. The third-order valence-electron chi connectivity index (χ3n) is 3.37. The van der Waals surface area contributed by atoms with Crippen LogP contribution in [0.4, 0.5) is 0 Å². The SMILES string of the molecule is CCCNC(c1cccc(Cl)c1C)c1ccnn1C. The van der Waals surface area contributed by atoms with Crippen molar-refractivity contribution in [2.75, 3.05) is 6.54 Å². The lowest BCUT2D eigenvalue weighted by molar-refractivity contribution is 0.552. The zero-order valence-corrected chi connectivity index (χ0v) is 12.4. The summed E-state index contributed by atoms with van der Waals surface area (Å²) in [5.41, 5.74) is 3.49. The van der Waals surface area contributed by atoms with E-state index in [0.717, 1.165) is 29.2 Å². The Morgan fingerprint density at radius 2 is 2.16 bits per heavy atom. The van der Waals surface area contributed by atoms with Gasteiger partial charge in [-0.2, -0.15) is 5.10 Å². The maximum atomic E-state index is 6.24. The molecule has 0 saturated carbocycles. The number of aromatic nitrogens is 2. The highest BCUT2D eigenvalue weighted by atomic mass is 35.5. The summed E-state index contributed by atoms with van der Waals surface area (Å²) in [5.74, 6) is 0. The first-order valence-electron chi connectivity index (χ1n) is 6.61. The van der Waals surface area contributed by atoms with Crippen molar-refractivity contribution in [3.05, 3.63) is 52.3 Å². The van der Waals surface area contributed by atoms with Gasteiger partial charge in [0, 0.05) is 18.3 Å². The van der Waals surface area contributed by atoms with Crippen LogP contribution in [0.3, 0.4) is 0 Å². The molecule has 1 unspecified atom stereocenters. The molecule has 4 heteroatoms. The van der Waals surface area contributed by atoms with Gasteiger partial charge < -0.3 is 5.32 Å². The second kappa shape index (κ2) is 6.22. The molecule has 0 aliphatic rings. The maximum absolute atomic E-state index is 6.24. The molecule has 0 amide bonds. The number of halogens is 1. The molecule has 0 aliphatic carbocycles. The Bertz CT molecular complexity index is 548. The van der Waals surface area contributed by atoms with Crippen LogP contribution in [0.15, 0.2) is 30.5 Å².